The van der Waals surface area contributed by atoms with Gasteiger partial charge in [0.1, 0.15) is 11.9 Å². The molecule has 0 aliphatic heterocycles. The Morgan fingerprint density at radius 2 is 1.77 bits per heavy atom. The Labute approximate surface area is 194 Å². The molecule has 0 heterocycles. The quantitative estimate of drug-likeness (QED) is 0.277. The number of halogens is 1. The molecular formula is C26H33IO3. The molecule has 0 radical (unpaired) electrons. The molecule has 1 aliphatic carbocycles. The van der Waals surface area contributed by atoms with Gasteiger partial charge in [0.25, 0.3) is 0 Å². The highest BCUT2D eigenvalue weighted by molar-refractivity contribution is 14.1. The van der Waals surface area contributed by atoms with Crippen molar-refractivity contribution in [1.82, 2.24) is 0 Å². The van der Waals surface area contributed by atoms with E-state index in [1.165, 1.54) is 47.8 Å². The van der Waals surface area contributed by atoms with Crippen molar-refractivity contribution in [1.29, 1.82) is 0 Å². The van der Waals surface area contributed by atoms with Crippen LogP contribution in [0.2, 0.25) is 0 Å². The molecule has 0 aromatic heterocycles. The molecule has 30 heavy (non-hydrogen) atoms. The van der Waals surface area contributed by atoms with Gasteiger partial charge in [0.2, 0.25) is 0 Å². The van der Waals surface area contributed by atoms with Gasteiger partial charge < -0.3 is 9.47 Å². The van der Waals surface area contributed by atoms with E-state index in [4.69, 9.17) is 9.47 Å². The molecule has 2 aromatic carbocycles. The van der Waals surface area contributed by atoms with Crippen LogP contribution in [-0.2, 0) is 9.53 Å². The van der Waals surface area contributed by atoms with Crippen LogP contribution < -0.4 is 4.74 Å². The van der Waals surface area contributed by atoms with Crippen molar-refractivity contribution in [3.8, 4) is 5.75 Å². The minimum absolute atomic E-state index is 0.00507. The van der Waals surface area contributed by atoms with Gasteiger partial charge in [-0.15, -0.1) is 0 Å². The van der Waals surface area contributed by atoms with Gasteiger partial charge in [-0.2, -0.15) is 0 Å². The van der Waals surface area contributed by atoms with Crippen molar-refractivity contribution in [2.75, 3.05) is 7.11 Å². The summed E-state index contributed by atoms with van der Waals surface area (Å²) in [5.41, 5.74) is 6.31. The van der Waals surface area contributed by atoms with E-state index >= 15 is 0 Å². The fourth-order valence-corrected chi connectivity index (χ4v) is 4.89. The van der Waals surface area contributed by atoms with Gasteiger partial charge >= 0.3 is 5.97 Å². The minimum Gasteiger partial charge on any atom is -0.485 e. The number of hydrogen-bond acceptors (Lipinski definition) is 3. The van der Waals surface area contributed by atoms with Gasteiger partial charge in [0.15, 0.2) is 0 Å². The Hall–Kier alpha value is -1.56. The molecule has 1 saturated carbocycles. The van der Waals surface area contributed by atoms with Gasteiger partial charge in [-0.3, -0.25) is 4.79 Å². The van der Waals surface area contributed by atoms with Crippen LogP contribution in [0.1, 0.15) is 72.9 Å². The van der Waals surface area contributed by atoms with Gasteiger partial charge in [-0.25, -0.2) is 0 Å². The van der Waals surface area contributed by atoms with Crippen molar-refractivity contribution in [3.63, 3.8) is 0 Å². The van der Waals surface area contributed by atoms with E-state index in [1.807, 2.05) is 6.92 Å². The van der Waals surface area contributed by atoms with Crippen LogP contribution >= 0.6 is 22.6 Å². The van der Waals surface area contributed by atoms with Crippen molar-refractivity contribution in [2.24, 2.45) is 11.8 Å². The Kier molecular flexibility index (Phi) is 7.48. The molecule has 0 saturated heterocycles. The average Bonchev–Trinajstić information content (AvgIpc) is 3.55. The summed E-state index contributed by atoms with van der Waals surface area (Å²) in [5, 5.41) is 0. The topological polar surface area (TPSA) is 35.5 Å². The second-order valence-electron chi connectivity index (χ2n) is 8.67. The molecule has 1 fully saturated rings. The van der Waals surface area contributed by atoms with Crippen molar-refractivity contribution >= 4 is 28.6 Å². The predicted octanol–water partition coefficient (Wildman–Crippen LogP) is 7.05. The normalized spacial score (nSPS) is 16.6. The van der Waals surface area contributed by atoms with Crippen LogP contribution in [-0.4, -0.2) is 13.1 Å². The lowest BCUT2D eigenvalue weighted by Gasteiger charge is -2.25. The second kappa shape index (κ2) is 9.71. The fraction of sp³-hybridized carbons (Fsp3) is 0.500. The average molecular weight is 520 g/mol. The van der Waals surface area contributed by atoms with E-state index in [0.717, 1.165) is 15.7 Å². The highest BCUT2D eigenvalue weighted by Gasteiger charge is 2.39. The lowest BCUT2D eigenvalue weighted by Crippen LogP contribution is -2.22. The predicted molar refractivity (Wildman–Crippen MR) is 130 cm³/mol. The molecule has 162 valence electrons. The number of ether oxygens (including phenoxy) is 2. The highest BCUT2D eigenvalue weighted by atomic mass is 127. The summed E-state index contributed by atoms with van der Waals surface area (Å²) in [6, 6.07) is 10.9. The van der Waals surface area contributed by atoms with E-state index < -0.39 is 0 Å². The highest BCUT2D eigenvalue weighted by Crippen LogP contribution is 2.48. The molecule has 1 unspecified atom stereocenters. The van der Waals surface area contributed by atoms with E-state index in [-0.39, 0.29) is 23.9 Å². The first-order valence-electron chi connectivity index (χ1n) is 10.9. The monoisotopic (exact) mass is 520 g/mol. The van der Waals surface area contributed by atoms with Crippen LogP contribution in [0.4, 0.5) is 0 Å². The third-order valence-electron chi connectivity index (χ3n) is 6.45. The smallest absolute Gasteiger partial charge is 0.309 e. The van der Waals surface area contributed by atoms with Crippen LogP contribution in [0.15, 0.2) is 30.3 Å². The number of hydrogen-bond donors (Lipinski definition) is 0. The van der Waals surface area contributed by atoms with Crippen LogP contribution in [0.25, 0.3) is 0 Å². The lowest BCUT2D eigenvalue weighted by atomic mass is 9.83. The summed E-state index contributed by atoms with van der Waals surface area (Å²) in [6.07, 6.45) is 3.25. The second-order valence-corrected chi connectivity index (χ2v) is 9.83. The van der Waals surface area contributed by atoms with Gasteiger partial charge in [-0.05, 0) is 114 Å². The Bertz CT molecular complexity index is 917. The zero-order valence-corrected chi connectivity index (χ0v) is 21.1. The molecule has 4 heteroatoms. The van der Waals surface area contributed by atoms with E-state index in [2.05, 4.69) is 80.6 Å². The lowest BCUT2D eigenvalue weighted by molar-refractivity contribution is -0.145. The molecule has 3 atom stereocenters. The molecule has 0 spiro atoms. The van der Waals surface area contributed by atoms with Crippen molar-refractivity contribution < 1.29 is 14.3 Å². The first kappa shape index (κ1) is 23.1. The molecule has 3 rings (SSSR count). The number of methoxy groups -OCH3 is 1. The maximum Gasteiger partial charge on any atom is 0.309 e. The number of carbonyl (C=O) groups excluding carboxylic acids is 1. The largest absolute Gasteiger partial charge is 0.485 e. The molecule has 2 aromatic rings. The SMILES string of the molecule is CCC(Oc1cc([C@H](C2CC2)[C@H](C)C(=O)OC)ccc1I)c1cc(C)c(C)cc1C. The standard InChI is InChI=1S/C26H33IO3/c1-7-23(21-13-16(3)15(2)12-17(21)4)30-24-14-20(10-11-22(24)27)25(19-8-9-19)18(5)26(28)29-6/h10-14,18-19,23,25H,7-9H2,1-6H3/t18-,23?,25-/m0/s1. The number of rotatable bonds is 8. The van der Waals surface area contributed by atoms with E-state index in [0.29, 0.717) is 5.92 Å². The zero-order chi connectivity index (χ0) is 22.0. The van der Waals surface area contributed by atoms with E-state index in [9.17, 15) is 4.79 Å². The van der Waals surface area contributed by atoms with Gasteiger partial charge in [0, 0.05) is 0 Å². The summed E-state index contributed by atoms with van der Waals surface area (Å²) in [5.74, 6) is 1.35. The first-order valence-corrected chi connectivity index (χ1v) is 12.0. The summed E-state index contributed by atoms with van der Waals surface area (Å²) < 4.78 is 12.7. The molecule has 0 amide bonds. The molecule has 0 N–H and O–H groups in total. The maximum absolute atomic E-state index is 12.3. The van der Waals surface area contributed by atoms with Crippen LogP contribution in [0.3, 0.4) is 0 Å². The zero-order valence-electron chi connectivity index (χ0n) is 18.9. The summed E-state index contributed by atoms with van der Waals surface area (Å²) in [4.78, 5) is 12.3. The number of aryl methyl sites for hydroxylation is 3. The number of benzene rings is 2. The number of esters is 1. The summed E-state index contributed by atoms with van der Waals surface area (Å²) in [6.45, 7) is 10.6. The summed E-state index contributed by atoms with van der Waals surface area (Å²) in [7, 11) is 1.48. The van der Waals surface area contributed by atoms with E-state index in [1.54, 1.807) is 0 Å². The molecular weight excluding hydrogens is 487 g/mol. The van der Waals surface area contributed by atoms with Crippen molar-refractivity contribution in [2.45, 2.75) is 65.9 Å². The Morgan fingerprint density at radius 3 is 2.37 bits per heavy atom. The fourth-order valence-electron chi connectivity index (χ4n) is 4.42. The Morgan fingerprint density at radius 1 is 1.10 bits per heavy atom. The minimum atomic E-state index is -0.153. The number of carbonyl (C=O) groups is 1. The maximum atomic E-state index is 12.3. The Balaban J connectivity index is 1.93. The van der Waals surface area contributed by atoms with Gasteiger partial charge in [-0.1, -0.05) is 32.0 Å². The molecule has 1 aliphatic rings. The third-order valence-corrected chi connectivity index (χ3v) is 7.34. The third kappa shape index (κ3) is 5.01. The van der Waals surface area contributed by atoms with Crippen molar-refractivity contribution in [3.05, 3.63) is 61.7 Å². The van der Waals surface area contributed by atoms with Gasteiger partial charge in [0.05, 0.1) is 16.6 Å². The summed E-state index contributed by atoms with van der Waals surface area (Å²) >= 11 is 2.34. The van der Waals surface area contributed by atoms with Crippen LogP contribution in [0.5, 0.6) is 5.75 Å². The first-order chi connectivity index (χ1) is 14.3. The molecule has 0 bridgehead atoms. The van der Waals surface area contributed by atoms with Crippen LogP contribution in [0, 0.1) is 36.2 Å². The molecule has 3 nitrogen and oxygen atoms in total.